The van der Waals surface area contributed by atoms with E-state index >= 15 is 0 Å². The molecule has 2 saturated carbocycles. The maximum Gasteiger partial charge on any atom is 0.245 e. The Kier molecular flexibility index (Phi) is 3.23. The lowest BCUT2D eigenvalue weighted by atomic mass is 10.0. The van der Waals surface area contributed by atoms with Crippen LogP contribution in [-0.2, 0) is 9.59 Å². The Morgan fingerprint density at radius 1 is 1.40 bits per heavy atom. The highest BCUT2D eigenvalue weighted by atomic mass is 16.5. The molecule has 1 heterocycles. The molecule has 1 aromatic heterocycles. The Morgan fingerprint density at radius 3 is 2.70 bits per heavy atom. The molecule has 1 N–H and O–H groups in total. The number of hydrogen-bond donors (Lipinski definition) is 1. The van der Waals surface area contributed by atoms with Gasteiger partial charge in [-0.05, 0) is 38.0 Å². The minimum Gasteiger partial charge on any atom is -0.360 e. The van der Waals surface area contributed by atoms with Crippen LogP contribution < -0.4 is 5.32 Å². The number of hydrogen-bond acceptors (Lipinski definition) is 4. The summed E-state index contributed by atoms with van der Waals surface area (Å²) >= 11 is 0. The number of aryl methyl sites for hydroxylation is 1. The molecular weight excluding hydrogens is 258 g/mol. The van der Waals surface area contributed by atoms with Crippen LogP contribution in [-0.4, -0.2) is 35.5 Å². The Hall–Kier alpha value is -1.85. The van der Waals surface area contributed by atoms with E-state index in [0.29, 0.717) is 11.6 Å². The van der Waals surface area contributed by atoms with E-state index in [0.717, 1.165) is 24.7 Å². The van der Waals surface area contributed by atoms with Crippen LogP contribution in [0.2, 0.25) is 0 Å². The van der Waals surface area contributed by atoms with Crippen molar-refractivity contribution >= 4 is 17.6 Å². The lowest BCUT2D eigenvalue weighted by Crippen LogP contribution is -2.38. The van der Waals surface area contributed by atoms with Gasteiger partial charge in [-0.2, -0.15) is 0 Å². The Bertz CT molecular complexity index is 530. The SMILES string of the molecule is Cc1cc(NC(=O)CN(C)C(=O)C2CC3CC3C2)no1. The quantitative estimate of drug-likeness (QED) is 0.903. The number of anilines is 1. The normalized spacial score (nSPS) is 27.0. The molecule has 2 aliphatic carbocycles. The lowest BCUT2D eigenvalue weighted by Gasteiger charge is -2.21. The van der Waals surface area contributed by atoms with Gasteiger partial charge in [0.1, 0.15) is 5.76 Å². The summed E-state index contributed by atoms with van der Waals surface area (Å²) in [6.07, 6.45) is 3.29. The zero-order valence-electron chi connectivity index (χ0n) is 11.8. The number of likely N-dealkylation sites (N-methyl/N-ethyl adjacent to an activating group) is 1. The van der Waals surface area contributed by atoms with Gasteiger partial charge in [-0.15, -0.1) is 0 Å². The lowest BCUT2D eigenvalue weighted by molar-refractivity contribution is -0.137. The highest BCUT2D eigenvalue weighted by molar-refractivity contribution is 5.94. The number of rotatable bonds is 4. The first-order valence-electron chi connectivity index (χ1n) is 7.01. The van der Waals surface area contributed by atoms with Gasteiger partial charge >= 0.3 is 0 Å². The van der Waals surface area contributed by atoms with Gasteiger partial charge in [0.2, 0.25) is 11.8 Å². The first-order valence-corrected chi connectivity index (χ1v) is 7.01. The maximum atomic E-state index is 12.2. The van der Waals surface area contributed by atoms with Gasteiger partial charge in [0, 0.05) is 19.0 Å². The fourth-order valence-corrected chi connectivity index (χ4v) is 3.13. The highest BCUT2D eigenvalue weighted by Crippen LogP contribution is 2.54. The van der Waals surface area contributed by atoms with Crippen molar-refractivity contribution in [3.8, 4) is 0 Å². The molecule has 2 fully saturated rings. The second-order valence-electron chi connectivity index (χ2n) is 5.99. The number of aromatic nitrogens is 1. The van der Waals surface area contributed by atoms with Crippen LogP contribution in [0.3, 0.4) is 0 Å². The molecule has 2 unspecified atom stereocenters. The Morgan fingerprint density at radius 2 is 2.10 bits per heavy atom. The van der Waals surface area contributed by atoms with Crippen molar-refractivity contribution in [1.82, 2.24) is 10.1 Å². The molecule has 108 valence electrons. The first-order chi connectivity index (χ1) is 9.52. The summed E-state index contributed by atoms with van der Waals surface area (Å²) in [4.78, 5) is 25.6. The number of nitrogens with one attached hydrogen (secondary N) is 1. The summed E-state index contributed by atoms with van der Waals surface area (Å²) in [7, 11) is 1.68. The van der Waals surface area contributed by atoms with Crippen molar-refractivity contribution < 1.29 is 14.1 Å². The van der Waals surface area contributed by atoms with Gasteiger partial charge in [0.15, 0.2) is 5.82 Å². The van der Waals surface area contributed by atoms with Crippen LogP contribution in [0.25, 0.3) is 0 Å². The molecular formula is C14H19N3O3. The molecule has 0 radical (unpaired) electrons. The largest absolute Gasteiger partial charge is 0.360 e. The van der Waals surface area contributed by atoms with Crippen LogP contribution in [0.5, 0.6) is 0 Å². The predicted octanol–water partition coefficient (Wildman–Crippen LogP) is 1.43. The van der Waals surface area contributed by atoms with E-state index in [1.165, 1.54) is 11.3 Å². The monoisotopic (exact) mass is 277 g/mol. The van der Waals surface area contributed by atoms with E-state index in [9.17, 15) is 9.59 Å². The number of amides is 2. The summed E-state index contributed by atoms with van der Waals surface area (Å²) in [5.41, 5.74) is 0. The Balaban J connectivity index is 1.49. The maximum absolute atomic E-state index is 12.2. The van der Waals surface area contributed by atoms with Crippen molar-refractivity contribution in [3.63, 3.8) is 0 Å². The van der Waals surface area contributed by atoms with E-state index < -0.39 is 0 Å². The number of nitrogens with zero attached hydrogens (tertiary/aromatic N) is 2. The third-order valence-electron chi connectivity index (χ3n) is 4.25. The second-order valence-corrected chi connectivity index (χ2v) is 5.99. The van der Waals surface area contributed by atoms with E-state index in [1.54, 1.807) is 20.0 Å². The molecule has 2 atom stereocenters. The molecule has 0 aromatic carbocycles. The summed E-state index contributed by atoms with van der Waals surface area (Å²) in [5, 5.41) is 6.31. The van der Waals surface area contributed by atoms with Crippen LogP contribution in [0.1, 0.15) is 25.0 Å². The smallest absolute Gasteiger partial charge is 0.245 e. The second kappa shape index (κ2) is 4.92. The number of carbonyl (C=O) groups excluding carboxylic acids is 2. The van der Waals surface area contributed by atoms with Crippen molar-refractivity contribution in [2.24, 2.45) is 17.8 Å². The number of carbonyl (C=O) groups is 2. The van der Waals surface area contributed by atoms with Crippen molar-refractivity contribution in [2.45, 2.75) is 26.2 Å². The van der Waals surface area contributed by atoms with E-state index in [2.05, 4.69) is 10.5 Å². The van der Waals surface area contributed by atoms with Crippen molar-refractivity contribution in [1.29, 1.82) is 0 Å². The van der Waals surface area contributed by atoms with Crippen LogP contribution >= 0.6 is 0 Å². The minimum atomic E-state index is -0.252. The average molecular weight is 277 g/mol. The molecule has 0 spiro atoms. The molecule has 2 aliphatic rings. The summed E-state index contributed by atoms with van der Waals surface area (Å²) < 4.78 is 4.87. The summed E-state index contributed by atoms with van der Waals surface area (Å²) in [6, 6.07) is 1.64. The van der Waals surface area contributed by atoms with Gasteiger partial charge < -0.3 is 14.7 Å². The molecule has 0 saturated heterocycles. The molecule has 1 aromatic rings. The fourth-order valence-electron chi connectivity index (χ4n) is 3.13. The van der Waals surface area contributed by atoms with Crippen LogP contribution in [0.4, 0.5) is 5.82 Å². The third kappa shape index (κ3) is 2.69. The molecule has 6 heteroatoms. The van der Waals surface area contributed by atoms with Crippen LogP contribution in [0.15, 0.2) is 10.6 Å². The van der Waals surface area contributed by atoms with Gasteiger partial charge in [0.05, 0.1) is 6.54 Å². The van der Waals surface area contributed by atoms with E-state index in [-0.39, 0.29) is 24.3 Å². The molecule has 0 bridgehead atoms. The Labute approximate surface area is 117 Å². The molecule has 6 nitrogen and oxygen atoms in total. The van der Waals surface area contributed by atoms with Gasteiger partial charge in [0.25, 0.3) is 0 Å². The summed E-state index contributed by atoms with van der Waals surface area (Å²) in [5.74, 6) is 2.51. The highest BCUT2D eigenvalue weighted by Gasteiger charge is 2.48. The molecule has 20 heavy (non-hydrogen) atoms. The topological polar surface area (TPSA) is 75.4 Å². The van der Waals surface area contributed by atoms with E-state index in [4.69, 9.17) is 4.52 Å². The zero-order valence-corrected chi connectivity index (χ0v) is 11.8. The minimum absolute atomic E-state index is 0.0522. The predicted molar refractivity (Wildman–Crippen MR) is 71.8 cm³/mol. The van der Waals surface area contributed by atoms with Gasteiger partial charge in [-0.3, -0.25) is 9.59 Å². The summed E-state index contributed by atoms with van der Waals surface area (Å²) in [6.45, 7) is 1.81. The van der Waals surface area contributed by atoms with Gasteiger partial charge in [-0.1, -0.05) is 5.16 Å². The van der Waals surface area contributed by atoms with Crippen LogP contribution in [0, 0.1) is 24.7 Å². The zero-order chi connectivity index (χ0) is 14.3. The molecule has 0 aliphatic heterocycles. The van der Waals surface area contributed by atoms with E-state index in [1.807, 2.05) is 0 Å². The van der Waals surface area contributed by atoms with Crippen molar-refractivity contribution in [3.05, 3.63) is 11.8 Å². The molecule has 3 rings (SSSR count). The van der Waals surface area contributed by atoms with Gasteiger partial charge in [-0.25, -0.2) is 0 Å². The third-order valence-corrected chi connectivity index (χ3v) is 4.25. The average Bonchev–Trinajstić information content (AvgIpc) is 2.81. The fraction of sp³-hybridized carbons (Fsp3) is 0.643. The first kappa shape index (κ1) is 13.1. The van der Waals surface area contributed by atoms with Crippen molar-refractivity contribution in [2.75, 3.05) is 18.9 Å². The molecule has 2 amide bonds. The number of fused-ring (bicyclic) bond motifs is 1. The standard InChI is InChI=1S/C14H19N3O3/c1-8-3-12(16-20-8)15-13(18)7-17(2)14(19)11-5-9-4-10(9)6-11/h3,9-11H,4-7H2,1-2H3,(H,15,16,18).